The Hall–Kier alpha value is -3.39. The molecule has 8 heteroatoms. The van der Waals surface area contributed by atoms with Crippen molar-refractivity contribution in [1.29, 1.82) is 0 Å². The molecule has 0 saturated heterocycles. The summed E-state index contributed by atoms with van der Waals surface area (Å²) in [6.07, 6.45) is 0.959. The summed E-state index contributed by atoms with van der Waals surface area (Å²) in [5, 5.41) is 21.2. The van der Waals surface area contributed by atoms with Crippen LogP contribution in [0.3, 0.4) is 0 Å². The normalized spacial score (nSPS) is 14.2. The molecule has 2 aromatic rings. The molecule has 2 aromatic carbocycles. The lowest BCUT2D eigenvalue weighted by molar-refractivity contribution is 0.0921. The Morgan fingerprint density at radius 2 is 1.88 bits per heavy atom. The van der Waals surface area contributed by atoms with Gasteiger partial charge in [-0.2, -0.15) is 0 Å². The zero-order valence-corrected chi connectivity index (χ0v) is 18.7. The number of amides is 2. The van der Waals surface area contributed by atoms with Crippen LogP contribution in [0.1, 0.15) is 59.4 Å². The van der Waals surface area contributed by atoms with Gasteiger partial charge in [0, 0.05) is 41.6 Å². The molecule has 1 aliphatic rings. The van der Waals surface area contributed by atoms with Gasteiger partial charge in [-0.3, -0.25) is 19.9 Å². The summed E-state index contributed by atoms with van der Waals surface area (Å²) in [7, 11) is 0. The number of carbonyl (C=O) groups excluding carboxylic acids is 2. The second-order valence-corrected chi connectivity index (χ2v) is 8.18. The summed E-state index contributed by atoms with van der Waals surface area (Å²) < 4.78 is 0. The third kappa shape index (κ3) is 6.07. The van der Waals surface area contributed by atoms with E-state index in [1.54, 1.807) is 31.2 Å². The quantitative estimate of drug-likeness (QED) is 0.457. The minimum absolute atomic E-state index is 0.120. The molecule has 1 aliphatic heterocycles. The van der Waals surface area contributed by atoms with Gasteiger partial charge in [0.05, 0.1) is 6.61 Å². The van der Waals surface area contributed by atoms with Crippen LogP contribution >= 0.6 is 0 Å². The van der Waals surface area contributed by atoms with Crippen molar-refractivity contribution in [3.05, 3.63) is 59.2 Å². The molecule has 8 nitrogen and oxygen atoms in total. The lowest BCUT2D eigenvalue weighted by atomic mass is 9.98. The highest BCUT2D eigenvalue weighted by molar-refractivity contribution is 6.06. The molecule has 5 N–H and O–H groups in total. The maximum atomic E-state index is 12.7. The molecule has 3 rings (SSSR count). The zero-order chi connectivity index (χ0) is 23.1. The van der Waals surface area contributed by atoms with Crippen molar-refractivity contribution in [2.24, 2.45) is 4.99 Å². The van der Waals surface area contributed by atoms with Crippen LogP contribution in [-0.2, 0) is 0 Å². The van der Waals surface area contributed by atoms with Gasteiger partial charge in [-0.05, 0) is 61.2 Å². The molecule has 0 saturated carbocycles. The van der Waals surface area contributed by atoms with E-state index in [0.29, 0.717) is 23.6 Å². The molecule has 1 atom stereocenters. The molecule has 0 fully saturated rings. The van der Waals surface area contributed by atoms with Gasteiger partial charge in [-0.15, -0.1) is 0 Å². The van der Waals surface area contributed by atoms with Crippen molar-refractivity contribution in [3.8, 4) is 0 Å². The van der Waals surface area contributed by atoms with Crippen LogP contribution in [-0.4, -0.2) is 48.6 Å². The predicted molar refractivity (Wildman–Crippen MR) is 127 cm³/mol. The maximum Gasteiger partial charge on any atom is 0.257 e. The highest BCUT2D eigenvalue weighted by atomic mass is 16.3. The van der Waals surface area contributed by atoms with Crippen molar-refractivity contribution in [2.75, 3.05) is 25.0 Å². The number of guanidine groups is 1. The first kappa shape index (κ1) is 23.3. The van der Waals surface area contributed by atoms with E-state index in [9.17, 15) is 9.59 Å². The molecule has 1 unspecified atom stereocenters. The van der Waals surface area contributed by atoms with E-state index in [1.165, 1.54) is 0 Å². The van der Waals surface area contributed by atoms with Gasteiger partial charge in [0.1, 0.15) is 0 Å². The minimum atomic E-state index is -0.319. The molecule has 32 heavy (non-hydrogen) atoms. The Labute approximate surface area is 188 Å². The molecule has 0 aliphatic carbocycles. The lowest BCUT2D eigenvalue weighted by Gasteiger charge is -2.18. The third-order valence-electron chi connectivity index (χ3n) is 5.12. The average Bonchev–Trinajstić information content (AvgIpc) is 2.79. The van der Waals surface area contributed by atoms with Gasteiger partial charge in [0.2, 0.25) is 0 Å². The number of benzene rings is 2. The summed E-state index contributed by atoms with van der Waals surface area (Å²) >= 11 is 0. The highest BCUT2D eigenvalue weighted by Gasteiger charge is 2.15. The first-order valence-corrected chi connectivity index (χ1v) is 10.9. The van der Waals surface area contributed by atoms with Gasteiger partial charge in [0.15, 0.2) is 5.96 Å². The SMILES string of the molecule is CC(CO)NC(=O)c1cccc(Nc2ccc(C(=O)NC3=NCCCN3)cc2C(C)C)c1. The van der Waals surface area contributed by atoms with Gasteiger partial charge >= 0.3 is 0 Å². The van der Waals surface area contributed by atoms with Crippen molar-refractivity contribution < 1.29 is 14.7 Å². The molecule has 1 heterocycles. The fourth-order valence-corrected chi connectivity index (χ4v) is 3.34. The van der Waals surface area contributed by atoms with Crippen LogP contribution in [0.25, 0.3) is 0 Å². The predicted octanol–water partition coefficient (Wildman–Crippen LogP) is 2.74. The Morgan fingerprint density at radius 3 is 2.56 bits per heavy atom. The number of hydrogen-bond donors (Lipinski definition) is 5. The number of nitrogens with zero attached hydrogens (tertiary/aromatic N) is 1. The topological polar surface area (TPSA) is 115 Å². The van der Waals surface area contributed by atoms with Gasteiger partial charge in [-0.25, -0.2) is 0 Å². The summed E-state index contributed by atoms with van der Waals surface area (Å²) in [5.74, 6) is 0.237. The summed E-state index contributed by atoms with van der Waals surface area (Å²) in [5.41, 5.74) is 3.67. The number of hydrogen-bond acceptors (Lipinski definition) is 6. The van der Waals surface area contributed by atoms with E-state index in [2.05, 4.69) is 40.1 Å². The average molecular weight is 438 g/mol. The number of aliphatic hydroxyl groups excluding tert-OH is 1. The molecule has 2 amide bonds. The van der Waals surface area contributed by atoms with Crippen molar-refractivity contribution in [1.82, 2.24) is 16.0 Å². The highest BCUT2D eigenvalue weighted by Crippen LogP contribution is 2.28. The number of anilines is 2. The Kier molecular flexibility index (Phi) is 7.83. The largest absolute Gasteiger partial charge is 0.394 e. The van der Waals surface area contributed by atoms with E-state index in [4.69, 9.17) is 5.11 Å². The Bertz CT molecular complexity index is 1000. The number of aliphatic imine (C=N–C) groups is 1. The van der Waals surface area contributed by atoms with Crippen LogP contribution in [0.5, 0.6) is 0 Å². The van der Waals surface area contributed by atoms with Crippen molar-refractivity contribution in [3.63, 3.8) is 0 Å². The third-order valence-corrected chi connectivity index (χ3v) is 5.12. The van der Waals surface area contributed by atoms with E-state index in [1.807, 2.05) is 18.2 Å². The van der Waals surface area contributed by atoms with Crippen molar-refractivity contribution >= 4 is 29.1 Å². The molecule has 170 valence electrons. The first-order valence-electron chi connectivity index (χ1n) is 10.9. The van der Waals surface area contributed by atoms with E-state index < -0.39 is 0 Å². The molecular weight excluding hydrogens is 406 g/mol. The van der Waals surface area contributed by atoms with Gasteiger partial charge < -0.3 is 21.1 Å². The lowest BCUT2D eigenvalue weighted by Crippen LogP contribution is -2.43. The smallest absolute Gasteiger partial charge is 0.257 e. The Balaban J connectivity index is 1.78. The van der Waals surface area contributed by atoms with Gasteiger partial charge in [-0.1, -0.05) is 19.9 Å². The zero-order valence-electron chi connectivity index (χ0n) is 18.7. The Morgan fingerprint density at radius 1 is 1.09 bits per heavy atom. The molecule has 0 aromatic heterocycles. The van der Waals surface area contributed by atoms with E-state index in [0.717, 1.165) is 29.9 Å². The summed E-state index contributed by atoms with van der Waals surface area (Å²) in [6, 6.07) is 12.4. The monoisotopic (exact) mass is 437 g/mol. The molecular formula is C24H31N5O3. The van der Waals surface area contributed by atoms with Crippen LogP contribution in [0.15, 0.2) is 47.5 Å². The second-order valence-electron chi connectivity index (χ2n) is 8.18. The van der Waals surface area contributed by atoms with Gasteiger partial charge in [0.25, 0.3) is 11.8 Å². The fraction of sp³-hybridized carbons (Fsp3) is 0.375. The summed E-state index contributed by atoms with van der Waals surface area (Å²) in [6.45, 7) is 7.26. The van der Waals surface area contributed by atoms with Crippen LogP contribution in [0.4, 0.5) is 11.4 Å². The number of carbonyl (C=O) groups is 2. The number of rotatable bonds is 7. The molecule has 0 bridgehead atoms. The minimum Gasteiger partial charge on any atom is -0.394 e. The van der Waals surface area contributed by atoms with Crippen LogP contribution in [0, 0.1) is 0 Å². The van der Waals surface area contributed by atoms with E-state index in [-0.39, 0.29) is 30.4 Å². The van der Waals surface area contributed by atoms with Crippen LogP contribution < -0.4 is 21.3 Å². The fourth-order valence-electron chi connectivity index (χ4n) is 3.34. The first-order chi connectivity index (χ1) is 15.4. The maximum absolute atomic E-state index is 12.7. The van der Waals surface area contributed by atoms with Crippen molar-refractivity contribution in [2.45, 2.75) is 39.2 Å². The number of nitrogens with one attached hydrogen (secondary N) is 4. The van der Waals surface area contributed by atoms with E-state index >= 15 is 0 Å². The standard InChI is InChI=1S/C24H31N5O3/c1-15(2)20-13-18(23(32)29-24-25-10-5-11-26-24)8-9-21(20)28-19-7-4-6-17(12-19)22(31)27-16(3)14-30/h4,6-9,12-13,15-16,28,30H,5,10-11,14H2,1-3H3,(H,27,31)(H2,25,26,29,32). The second kappa shape index (κ2) is 10.8. The summed E-state index contributed by atoms with van der Waals surface area (Å²) in [4.78, 5) is 29.3. The molecule has 0 radical (unpaired) electrons. The number of aliphatic hydroxyl groups is 1. The van der Waals surface area contributed by atoms with Crippen LogP contribution in [0.2, 0.25) is 0 Å². The molecule has 0 spiro atoms.